The molecule has 0 saturated heterocycles. The Labute approximate surface area is 179 Å². The molecule has 0 aliphatic rings. The molecule has 0 radical (unpaired) electrons. The molecule has 2 aromatic carbocycles. The number of nitrogens with two attached hydrogens (primary N) is 1. The lowest BCUT2D eigenvalue weighted by molar-refractivity contribution is -0.385. The first-order chi connectivity index (χ1) is 14.3. The number of rotatable bonds is 8. The summed E-state index contributed by atoms with van der Waals surface area (Å²) in [4.78, 5) is 27.3. The van der Waals surface area contributed by atoms with E-state index < -0.39 is 5.91 Å². The van der Waals surface area contributed by atoms with Crippen molar-refractivity contribution in [1.29, 1.82) is 0 Å². The van der Waals surface area contributed by atoms with E-state index in [9.17, 15) is 14.9 Å². The van der Waals surface area contributed by atoms with Crippen LogP contribution in [0.15, 0.2) is 35.7 Å². The highest BCUT2D eigenvalue weighted by Crippen LogP contribution is 2.29. The van der Waals surface area contributed by atoms with Crippen LogP contribution in [0.3, 0.4) is 0 Å². The maximum Gasteiger partial charge on any atom is 0.272 e. The van der Waals surface area contributed by atoms with E-state index in [1.54, 1.807) is 30.4 Å². The fraction of sp³-hybridized carbons (Fsp3) is 0.304. The van der Waals surface area contributed by atoms with E-state index in [2.05, 4.69) is 6.92 Å². The van der Waals surface area contributed by atoms with Crippen molar-refractivity contribution in [3.63, 3.8) is 0 Å². The first-order valence-corrected chi connectivity index (χ1v) is 10.8. The molecule has 156 valence electrons. The van der Waals surface area contributed by atoms with Gasteiger partial charge in [0.05, 0.1) is 15.6 Å². The van der Waals surface area contributed by atoms with Gasteiger partial charge in [-0.2, -0.15) is 0 Å². The Morgan fingerprint density at radius 3 is 2.60 bits per heavy atom. The van der Waals surface area contributed by atoms with E-state index in [1.165, 1.54) is 0 Å². The number of amides is 1. The van der Waals surface area contributed by atoms with Crippen molar-refractivity contribution in [2.45, 2.75) is 46.5 Å². The van der Waals surface area contributed by atoms with Crippen LogP contribution < -0.4 is 5.73 Å². The number of hydrogen-bond donors (Lipinski definition) is 1. The lowest BCUT2D eigenvalue weighted by Crippen LogP contribution is -2.13. The number of aromatic nitrogens is 1. The Balaban J connectivity index is 1.87. The highest BCUT2D eigenvalue weighted by atomic mass is 32.1. The molecule has 2 N–H and O–H groups in total. The minimum absolute atomic E-state index is 0.144. The molecule has 0 aliphatic heterocycles. The number of thiazole rings is 1. The molecule has 0 spiro atoms. The van der Waals surface area contributed by atoms with Gasteiger partial charge in [-0.3, -0.25) is 14.9 Å². The summed E-state index contributed by atoms with van der Waals surface area (Å²) in [7, 11) is 0. The van der Waals surface area contributed by atoms with Gasteiger partial charge in [0.15, 0.2) is 0 Å². The summed E-state index contributed by atoms with van der Waals surface area (Å²) in [6.07, 6.45) is 3.46. The highest BCUT2D eigenvalue weighted by Gasteiger charge is 2.15. The second kappa shape index (κ2) is 9.17. The van der Waals surface area contributed by atoms with Crippen LogP contribution in [0, 0.1) is 24.0 Å². The van der Waals surface area contributed by atoms with Gasteiger partial charge >= 0.3 is 0 Å². The third kappa shape index (κ3) is 4.74. The Kier molecular flexibility index (Phi) is 6.62. The average Bonchev–Trinajstić information content (AvgIpc) is 3.16. The van der Waals surface area contributed by atoms with Gasteiger partial charge in [-0.05, 0) is 61.6 Å². The van der Waals surface area contributed by atoms with E-state index >= 15 is 0 Å². The number of primary amides is 1. The van der Waals surface area contributed by atoms with Gasteiger partial charge in [0.2, 0.25) is 5.91 Å². The standard InChI is InChI=1S/C23H25N3O3S/c1-4-5-6-16-11-17(7-8-19(16)23(24)27)20-13-30-22(25-20)12-18-9-15(3)21(26(28)29)10-14(18)2/h7-11,13H,4-6,12H2,1-3H3,(H2,24,27). The fourth-order valence-corrected chi connectivity index (χ4v) is 4.33. The number of nitro groups is 1. The molecule has 0 fully saturated rings. The predicted molar refractivity (Wildman–Crippen MR) is 120 cm³/mol. The first-order valence-electron chi connectivity index (χ1n) is 9.92. The van der Waals surface area contributed by atoms with Crippen molar-refractivity contribution in [1.82, 2.24) is 4.98 Å². The summed E-state index contributed by atoms with van der Waals surface area (Å²) in [5.41, 5.74) is 11.6. The highest BCUT2D eigenvalue weighted by molar-refractivity contribution is 7.10. The molecule has 3 aromatic rings. The van der Waals surface area contributed by atoms with E-state index in [-0.39, 0.29) is 10.6 Å². The van der Waals surface area contributed by atoms with Gasteiger partial charge in [0.1, 0.15) is 0 Å². The van der Waals surface area contributed by atoms with E-state index in [1.807, 2.05) is 30.5 Å². The van der Waals surface area contributed by atoms with Crippen molar-refractivity contribution in [3.8, 4) is 11.3 Å². The predicted octanol–water partition coefficient (Wildman–Crippen LogP) is 5.37. The van der Waals surface area contributed by atoms with Crippen LogP contribution in [0.5, 0.6) is 0 Å². The zero-order chi connectivity index (χ0) is 21.8. The number of nitrogens with zero attached hydrogens (tertiary/aromatic N) is 2. The molecule has 1 amide bonds. The summed E-state index contributed by atoms with van der Waals surface area (Å²) < 4.78 is 0. The van der Waals surface area contributed by atoms with Crippen LogP contribution in [-0.2, 0) is 12.8 Å². The zero-order valence-corrected chi connectivity index (χ0v) is 18.2. The van der Waals surface area contributed by atoms with Crippen LogP contribution in [0.2, 0.25) is 0 Å². The summed E-state index contributed by atoms with van der Waals surface area (Å²) in [6.45, 7) is 5.76. The minimum atomic E-state index is -0.407. The largest absolute Gasteiger partial charge is 0.366 e. The topological polar surface area (TPSA) is 99.1 Å². The zero-order valence-electron chi connectivity index (χ0n) is 17.4. The van der Waals surface area contributed by atoms with Crippen LogP contribution in [0.1, 0.15) is 57.4 Å². The number of carbonyl (C=O) groups is 1. The van der Waals surface area contributed by atoms with Gasteiger partial charge in [-0.25, -0.2) is 4.98 Å². The second-order valence-electron chi connectivity index (χ2n) is 7.47. The molecule has 1 aromatic heterocycles. The lowest BCUT2D eigenvalue weighted by Gasteiger charge is -2.08. The molecule has 7 heteroatoms. The maximum absolute atomic E-state index is 11.7. The molecule has 30 heavy (non-hydrogen) atoms. The van der Waals surface area contributed by atoms with Crippen molar-refractivity contribution in [2.75, 3.05) is 0 Å². The molecular formula is C23H25N3O3S. The third-order valence-electron chi connectivity index (χ3n) is 5.21. The Hall–Kier alpha value is -3.06. The number of benzene rings is 2. The number of carbonyl (C=O) groups excluding carboxylic acids is 1. The quantitative estimate of drug-likeness (QED) is 0.389. The van der Waals surface area contributed by atoms with Crippen LogP contribution in [-0.4, -0.2) is 15.8 Å². The van der Waals surface area contributed by atoms with Gasteiger partial charge in [-0.15, -0.1) is 11.3 Å². The Morgan fingerprint density at radius 1 is 1.17 bits per heavy atom. The summed E-state index contributed by atoms with van der Waals surface area (Å²) in [6, 6.07) is 9.18. The lowest BCUT2D eigenvalue weighted by atomic mass is 9.98. The monoisotopic (exact) mass is 423 g/mol. The molecule has 0 unspecified atom stereocenters. The molecule has 0 aliphatic carbocycles. The van der Waals surface area contributed by atoms with Gasteiger partial charge < -0.3 is 5.73 Å². The number of hydrogen-bond acceptors (Lipinski definition) is 5. The summed E-state index contributed by atoms with van der Waals surface area (Å²) >= 11 is 1.56. The van der Waals surface area contributed by atoms with Crippen LogP contribution >= 0.6 is 11.3 Å². The molecule has 0 bridgehead atoms. The first kappa shape index (κ1) is 21.6. The molecule has 6 nitrogen and oxygen atoms in total. The molecule has 1 heterocycles. The fourth-order valence-electron chi connectivity index (χ4n) is 3.50. The van der Waals surface area contributed by atoms with E-state index in [0.717, 1.165) is 52.2 Å². The average molecular weight is 424 g/mol. The van der Waals surface area contributed by atoms with Gasteiger partial charge in [0, 0.05) is 34.6 Å². The molecule has 3 rings (SSSR count). The van der Waals surface area contributed by atoms with Crippen molar-refractivity contribution in [3.05, 3.63) is 78.7 Å². The molecular weight excluding hydrogens is 398 g/mol. The van der Waals surface area contributed by atoms with Gasteiger partial charge in [-0.1, -0.05) is 19.4 Å². The number of nitro benzene ring substituents is 1. The number of aryl methyl sites for hydroxylation is 3. The summed E-state index contributed by atoms with van der Waals surface area (Å²) in [5.74, 6) is -0.407. The normalized spacial score (nSPS) is 10.9. The molecule has 0 saturated carbocycles. The van der Waals surface area contributed by atoms with Crippen molar-refractivity contribution < 1.29 is 9.72 Å². The van der Waals surface area contributed by atoms with Crippen molar-refractivity contribution in [2.24, 2.45) is 5.73 Å². The Bertz CT molecular complexity index is 1110. The van der Waals surface area contributed by atoms with Crippen LogP contribution in [0.4, 0.5) is 5.69 Å². The maximum atomic E-state index is 11.7. The Morgan fingerprint density at radius 2 is 1.93 bits per heavy atom. The second-order valence-corrected chi connectivity index (χ2v) is 8.41. The van der Waals surface area contributed by atoms with E-state index in [0.29, 0.717) is 17.5 Å². The molecule has 0 atom stereocenters. The number of unbranched alkanes of at least 4 members (excludes halogenated alkanes) is 1. The summed E-state index contributed by atoms with van der Waals surface area (Å²) in [5, 5.41) is 14.1. The van der Waals surface area contributed by atoms with Gasteiger partial charge in [0.25, 0.3) is 5.69 Å². The van der Waals surface area contributed by atoms with Crippen molar-refractivity contribution >= 4 is 22.9 Å². The van der Waals surface area contributed by atoms with Crippen LogP contribution in [0.25, 0.3) is 11.3 Å². The smallest absolute Gasteiger partial charge is 0.272 e. The minimum Gasteiger partial charge on any atom is -0.366 e. The SMILES string of the molecule is CCCCc1cc(-c2csc(Cc3cc(C)c([N+](=O)[O-])cc3C)n2)ccc1C(N)=O. The van der Waals surface area contributed by atoms with E-state index in [4.69, 9.17) is 10.7 Å². The third-order valence-corrected chi connectivity index (χ3v) is 6.06.